The number of nitrogens with zero attached hydrogens (tertiary/aromatic N) is 5. The van der Waals surface area contributed by atoms with Crippen molar-refractivity contribution in [3.63, 3.8) is 0 Å². The molecule has 1 aromatic carbocycles. The topological polar surface area (TPSA) is 88.4 Å². The van der Waals surface area contributed by atoms with Gasteiger partial charge in [0.05, 0.1) is 11.2 Å². The molecule has 2 aromatic rings. The van der Waals surface area contributed by atoms with E-state index < -0.39 is 10.0 Å². The highest BCUT2D eigenvalue weighted by Gasteiger charge is 2.42. The second kappa shape index (κ2) is 9.38. The number of benzene rings is 1. The van der Waals surface area contributed by atoms with Gasteiger partial charge in [-0.25, -0.2) is 8.42 Å². The maximum absolute atomic E-state index is 12.9. The molecule has 0 atom stereocenters. The number of piperazine rings is 1. The van der Waals surface area contributed by atoms with Crippen LogP contribution in [-0.2, 0) is 17.1 Å². The average molecular weight is 500 g/mol. The predicted molar refractivity (Wildman–Crippen MR) is 123 cm³/mol. The van der Waals surface area contributed by atoms with Gasteiger partial charge in [0.1, 0.15) is 0 Å². The first-order chi connectivity index (χ1) is 15.2. The average Bonchev–Trinajstić information content (AvgIpc) is 3.42. The number of ketones is 1. The molecule has 1 aromatic heterocycles. The summed E-state index contributed by atoms with van der Waals surface area (Å²) in [5.41, 5.74) is 0.431. The zero-order valence-electron chi connectivity index (χ0n) is 18.0. The van der Waals surface area contributed by atoms with Crippen molar-refractivity contribution in [2.45, 2.75) is 49.1 Å². The Hall–Kier alpha value is -1.52. The van der Waals surface area contributed by atoms with Crippen LogP contribution in [0, 0.1) is 0 Å². The Labute approximate surface area is 198 Å². The van der Waals surface area contributed by atoms with Crippen LogP contribution in [0.3, 0.4) is 0 Å². The fraction of sp³-hybridized carbons (Fsp3) is 0.571. The van der Waals surface area contributed by atoms with Crippen LogP contribution >= 0.6 is 23.2 Å². The van der Waals surface area contributed by atoms with Crippen molar-refractivity contribution >= 4 is 39.0 Å². The van der Waals surface area contributed by atoms with E-state index in [0.29, 0.717) is 48.2 Å². The summed E-state index contributed by atoms with van der Waals surface area (Å²) in [5.74, 6) is 0.0156. The number of hydrogen-bond acceptors (Lipinski definition) is 6. The monoisotopic (exact) mass is 499 g/mol. The van der Waals surface area contributed by atoms with Crippen LogP contribution in [-0.4, -0.2) is 70.1 Å². The predicted octanol–water partition coefficient (Wildman–Crippen LogP) is 3.40. The van der Waals surface area contributed by atoms with Crippen molar-refractivity contribution in [3.8, 4) is 0 Å². The Bertz CT molecular complexity index is 1090. The third-order valence-electron chi connectivity index (χ3n) is 6.68. The van der Waals surface area contributed by atoms with Gasteiger partial charge in [0.25, 0.3) is 10.0 Å². The van der Waals surface area contributed by atoms with Gasteiger partial charge in [0, 0.05) is 55.8 Å². The molecule has 2 heterocycles. The number of aryl methyl sites for hydroxylation is 1. The molecule has 0 unspecified atom stereocenters. The number of hydrogen-bond donors (Lipinski definition) is 0. The highest BCUT2D eigenvalue weighted by atomic mass is 35.5. The van der Waals surface area contributed by atoms with E-state index in [1.54, 1.807) is 25.2 Å². The molecular weight excluding hydrogens is 473 g/mol. The summed E-state index contributed by atoms with van der Waals surface area (Å²) < 4.78 is 28.6. The molecule has 174 valence electrons. The summed E-state index contributed by atoms with van der Waals surface area (Å²) in [4.78, 5) is 15.2. The fourth-order valence-corrected chi connectivity index (χ4v) is 6.78. The minimum Gasteiger partial charge on any atom is -0.295 e. The number of rotatable bonds is 7. The van der Waals surface area contributed by atoms with E-state index >= 15 is 0 Å². The summed E-state index contributed by atoms with van der Waals surface area (Å²) in [5, 5.41) is 8.39. The van der Waals surface area contributed by atoms with Crippen LogP contribution in [0.15, 0.2) is 29.4 Å². The molecule has 1 aliphatic heterocycles. The van der Waals surface area contributed by atoms with Gasteiger partial charge in [-0.15, -0.1) is 5.10 Å². The zero-order chi connectivity index (χ0) is 22.9. The van der Waals surface area contributed by atoms with Gasteiger partial charge in [-0.1, -0.05) is 41.3 Å². The minimum absolute atomic E-state index is 0.0156. The van der Waals surface area contributed by atoms with E-state index in [4.69, 9.17) is 23.2 Å². The van der Waals surface area contributed by atoms with Gasteiger partial charge in [-0.3, -0.25) is 14.4 Å². The lowest BCUT2D eigenvalue weighted by Crippen LogP contribution is -2.57. The van der Waals surface area contributed by atoms with Gasteiger partial charge >= 0.3 is 0 Å². The van der Waals surface area contributed by atoms with E-state index in [1.807, 2.05) is 0 Å². The van der Waals surface area contributed by atoms with Crippen LogP contribution in [0.5, 0.6) is 0 Å². The van der Waals surface area contributed by atoms with Crippen molar-refractivity contribution < 1.29 is 13.2 Å². The number of halogens is 2. The van der Waals surface area contributed by atoms with Crippen molar-refractivity contribution in [2.24, 2.45) is 7.05 Å². The molecule has 0 N–H and O–H groups in total. The van der Waals surface area contributed by atoms with E-state index in [2.05, 4.69) is 15.2 Å². The first-order valence-electron chi connectivity index (χ1n) is 10.8. The highest BCUT2D eigenvalue weighted by Crippen LogP contribution is 2.40. The molecule has 4 rings (SSSR count). The lowest BCUT2D eigenvalue weighted by Gasteiger charge is -2.45. The molecule has 0 bridgehead atoms. The quantitative estimate of drug-likeness (QED) is 0.542. The molecule has 0 amide bonds. The van der Waals surface area contributed by atoms with Crippen molar-refractivity contribution in [3.05, 3.63) is 40.0 Å². The number of aromatic nitrogens is 3. The standard InChI is InChI=1S/C21H27Cl2N5O3S/c1-26-15-20(24-25-26)32(30,31)28-12-10-27(11-13-28)21(7-2-3-8-21)9-6-19(29)17-5-4-16(22)14-18(17)23/h4-5,14-15H,2-3,6-13H2,1H3. The second-order valence-electron chi connectivity index (χ2n) is 8.60. The first-order valence-corrected chi connectivity index (χ1v) is 13.0. The van der Waals surface area contributed by atoms with Crippen LogP contribution in [0.25, 0.3) is 0 Å². The first kappa shape index (κ1) is 23.6. The maximum Gasteiger partial charge on any atom is 0.264 e. The van der Waals surface area contributed by atoms with Crippen LogP contribution in [0.4, 0.5) is 0 Å². The Morgan fingerprint density at radius 3 is 2.41 bits per heavy atom. The van der Waals surface area contributed by atoms with Gasteiger partial charge in [0.2, 0.25) is 5.03 Å². The summed E-state index contributed by atoms with van der Waals surface area (Å²) >= 11 is 12.2. The van der Waals surface area contributed by atoms with Crippen molar-refractivity contribution in [2.75, 3.05) is 26.2 Å². The molecule has 1 aliphatic carbocycles. The van der Waals surface area contributed by atoms with Crippen molar-refractivity contribution in [1.29, 1.82) is 0 Å². The Kier molecular flexibility index (Phi) is 6.93. The minimum atomic E-state index is -3.65. The van der Waals surface area contributed by atoms with E-state index in [1.165, 1.54) is 15.2 Å². The summed E-state index contributed by atoms with van der Waals surface area (Å²) in [6, 6.07) is 4.96. The largest absolute Gasteiger partial charge is 0.295 e. The van der Waals surface area contributed by atoms with Gasteiger partial charge in [-0.05, 0) is 37.5 Å². The lowest BCUT2D eigenvalue weighted by molar-refractivity contribution is 0.0476. The Morgan fingerprint density at radius 2 is 1.81 bits per heavy atom. The number of carbonyl (C=O) groups is 1. The highest BCUT2D eigenvalue weighted by molar-refractivity contribution is 7.89. The SMILES string of the molecule is Cn1cc(S(=O)(=O)N2CCN(C3(CCC(=O)c4ccc(Cl)cc4Cl)CCCC3)CC2)nn1. The summed E-state index contributed by atoms with van der Waals surface area (Å²) in [6.07, 6.45) is 6.84. The molecule has 0 spiro atoms. The number of Topliss-reactive ketones (excluding diaryl/α,β-unsaturated/α-hetero) is 1. The molecule has 8 nitrogen and oxygen atoms in total. The zero-order valence-corrected chi connectivity index (χ0v) is 20.3. The molecule has 2 fully saturated rings. The fourth-order valence-electron chi connectivity index (χ4n) is 4.93. The molecule has 32 heavy (non-hydrogen) atoms. The molecule has 1 saturated carbocycles. The summed E-state index contributed by atoms with van der Waals surface area (Å²) in [6.45, 7) is 2.07. The maximum atomic E-state index is 12.9. The van der Waals surface area contributed by atoms with E-state index in [-0.39, 0.29) is 16.3 Å². The third kappa shape index (κ3) is 4.72. The molecule has 1 saturated heterocycles. The van der Waals surface area contributed by atoms with Crippen LogP contribution < -0.4 is 0 Å². The molecule has 0 radical (unpaired) electrons. The molecular formula is C21H27Cl2N5O3S. The molecule has 2 aliphatic rings. The number of sulfonamides is 1. The van der Waals surface area contributed by atoms with Gasteiger partial charge < -0.3 is 0 Å². The third-order valence-corrected chi connectivity index (χ3v) is 8.99. The van der Waals surface area contributed by atoms with Gasteiger partial charge in [-0.2, -0.15) is 4.31 Å². The molecule has 11 heteroatoms. The van der Waals surface area contributed by atoms with Crippen LogP contribution in [0.1, 0.15) is 48.9 Å². The lowest BCUT2D eigenvalue weighted by atomic mass is 9.87. The van der Waals surface area contributed by atoms with E-state index in [0.717, 1.165) is 32.1 Å². The smallest absolute Gasteiger partial charge is 0.264 e. The second-order valence-corrected chi connectivity index (χ2v) is 11.3. The number of carbonyl (C=O) groups excluding carboxylic acids is 1. The Balaban J connectivity index is 1.41. The van der Waals surface area contributed by atoms with Gasteiger partial charge in [0.15, 0.2) is 5.78 Å². The van der Waals surface area contributed by atoms with E-state index in [9.17, 15) is 13.2 Å². The van der Waals surface area contributed by atoms with Crippen LogP contribution in [0.2, 0.25) is 10.0 Å². The van der Waals surface area contributed by atoms with Crippen molar-refractivity contribution in [1.82, 2.24) is 24.2 Å². The summed E-state index contributed by atoms with van der Waals surface area (Å²) in [7, 11) is -2.00. The Morgan fingerprint density at radius 1 is 1.12 bits per heavy atom. The normalized spacial score (nSPS) is 20.0.